The Balaban J connectivity index is 1.65. The summed E-state index contributed by atoms with van der Waals surface area (Å²) < 4.78 is 12.9. The SMILES string of the molecule is Cc1c(N)nc(C2CC2)nc1NCCc1ccc(F)cc1. The predicted octanol–water partition coefficient (Wildman–Crippen LogP) is 3.04. The number of benzene rings is 1. The zero-order valence-corrected chi connectivity index (χ0v) is 12.1. The standard InChI is InChI=1S/C16H19FN4/c1-10-14(18)20-16(12-4-5-12)21-15(10)19-9-8-11-2-6-13(17)7-3-11/h2-3,6-7,12H,4-5,8-9H2,1H3,(H3,18,19,20,21). The van der Waals surface area contributed by atoms with Crippen LogP contribution in [-0.4, -0.2) is 16.5 Å². The number of nitrogens with zero attached hydrogens (tertiary/aromatic N) is 2. The molecule has 0 bridgehead atoms. The average Bonchev–Trinajstić information content (AvgIpc) is 3.30. The largest absolute Gasteiger partial charge is 0.383 e. The van der Waals surface area contributed by atoms with Gasteiger partial charge in [-0.2, -0.15) is 0 Å². The Hall–Kier alpha value is -2.17. The minimum atomic E-state index is -0.208. The van der Waals surface area contributed by atoms with Crippen molar-refractivity contribution in [3.05, 3.63) is 47.0 Å². The molecule has 1 saturated carbocycles. The monoisotopic (exact) mass is 286 g/mol. The molecule has 1 heterocycles. The summed E-state index contributed by atoms with van der Waals surface area (Å²) in [7, 11) is 0. The van der Waals surface area contributed by atoms with Crippen molar-refractivity contribution in [2.24, 2.45) is 0 Å². The summed E-state index contributed by atoms with van der Waals surface area (Å²) in [4.78, 5) is 8.93. The fourth-order valence-electron chi connectivity index (χ4n) is 2.22. The Morgan fingerprint density at radius 1 is 1.24 bits per heavy atom. The number of nitrogens with one attached hydrogen (secondary N) is 1. The van der Waals surface area contributed by atoms with Crippen LogP contribution in [0.25, 0.3) is 0 Å². The van der Waals surface area contributed by atoms with Crippen molar-refractivity contribution in [3.63, 3.8) is 0 Å². The molecule has 1 aromatic heterocycles. The summed E-state index contributed by atoms with van der Waals surface area (Å²) >= 11 is 0. The fraction of sp³-hybridized carbons (Fsp3) is 0.375. The lowest BCUT2D eigenvalue weighted by Crippen LogP contribution is -2.11. The van der Waals surface area contributed by atoms with Crippen LogP contribution in [0, 0.1) is 12.7 Å². The predicted molar refractivity (Wildman–Crippen MR) is 81.8 cm³/mol. The lowest BCUT2D eigenvalue weighted by Gasteiger charge is -2.12. The lowest BCUT2D eigenvalue weighted by atomic mass is 10.1. The molecule has 3 N–H and O–H groups in total. The van der Waals surface area contributed by atoms with Gasteiger partial charge in [-0.15, -0.1) is 0 Å². The summed E-state index contributed by atoms with van der Waals surface area (Å²) in [6, 6.07) is 6.56. The van der Waals surface area contributed by atoms with Gasteiger partial charge in [-0.05, 0) is 43.9 Å². The zero-order chi connectivity index (χ0) is 14.8. The molecular formula is C16H19FN4. The third-order valence-electron chi connectivity index (χ3n) is 3.76. The maximum atomic E-state index is 12.9. The van der Waals surface area contributed by atoms with Crippen LogP contribution in [0.2, 0.25) is 0 Å². The Labute approximate surface area is 123 Å². The maximum Gasteiger partial charge on any atom is 0.136 e. The first-order chi connectivity index (χ1) is 10.1. The van der Waals surface area contributed by atoms with Crippen LogP contribution in [0.5, 0.6) is 0 Å². The second-order valence-corrected chi connectivity index (χ2v) is 5.52. The van der Waals surface area contributed by atoms with Gasteiger partial charge in [-0.25, -0.2) is 14.4 Å². The first kappa shape index (κ1) is 13.8. The first-order valence-corrected chi connectivity index (χ1v) is 7.26. The van der Waals surface area contributed by atoms with E-state index in [4.69, 9.17) is 5.73 Å². The van der Waals surface area contributed by atoms with Crippen LogP contribution in [0.4, 0.5) is 16.0 Å². The van der Waals surface area contributed by atoms with Crippen molar-refractivity contribution in [1.29, 1.82) is 0 Å². The number of aromatic nitrogens is 2. The van der Waals surface area contributed by atoms with E-state index in [0.29, 0.717) is 11.7 Å². The summed E-state index contributed by atoms with van der Waals surface area (Å²) in [6.45, 7) is 2.65. The maximum absolute atomic E-state index is 12.9. The lowest BCUT2D eigenvalue weighted by molar-refractivity contribution is 0.627. The molecule has 0 aliphatic heterocycles. The molecule has 3 rings (SSSR count). The van der Waals surface area contributed by atoms with Crippen molar-refractivity contribution in [1.82, 2.24) is 9.97 Å². The third kappa shape index (κ3) is 3.29. The van der Waals surface area contributed by atoms with Gasteiger partial charge in [0.05, 0.1) is 0 Å². The van der Waals surface area contributed by atoms with E-state index in [1.165, 1.54) is 12.1 Å². The molecule has 0 unspecified atom stereocenters. The van der Waals surface area contributed by atoms with Crippen LogP contribution in [-0.2, 0) is 6.42 Å². The second kappa shape index (κ2) is 5.68. The number of nitrogen functional groups attached to an aromatic ring is 1. The normalized spacial score (nSPS) is 14.2. The number of rotatable bonds is 5. The molecule has 2 aromatic rings. The summed E-state index contributed by atoms with van der Waals surface area (Å²) in [6.07, 6.45) is 3.11. The van der Waals surface area contributed by atoms with E-state index in [-0.39, 0.29) is 5.82 Å². The van der Waals surface area contributed by atoms with Crippen LogP contribution in [0.3, 0.4) is 0 Å². The van der Waals surface area contributed by atoms with Crippen LogP contribution < -0.4 is 11.1 Å². The summed E-state index contributed by atoms with van der Waals surface area (Å²) in [5.74, 6) is 2.48. The van der Waals surface area contributed by atoms with E-state index in [0.717, 1.165) is 48.6 Å². The first-order valence-electron chi connectivity index (χ1n) is 7.26. The van der Waals surface area contributed by atoms with Gasteiger partial charge < -0.3 is 11.1 Å². The van der Waals surface area contributed by atoms with Gasteiger partial charge >= 0.3 is 0 Å². The second-order valence-electron chi connectivity index (χ2n) is 5.52. The molecule has 0 saturated heterocycles. The van der Waals surface area contributed by atoms with Crippen molar-refractivity contribution in [2.75, 3.05) is 17.6 Å². The number of hydrogen-bond donors (Lipinski definition) is 2. The van der Waals surface area contributed by atoms with E-state index in [1.807, 2.05) is 6.92 Å². The van der Waals surface area contributed by atoms with Gasteiger partial charge in [-0.1, -0.05) is 12.1 Å². The van der Waals surface area contributed by atoms with Crippen LogP contribution in [0.1, 0.15) is 35.7 Å². The molecule has 21 heavy (non-hydrogen) atoms. The highest BCUT2D eigenvalue weighted by Gasteiger charge is 2.27. The quantitative estimate of drug-likeness (QED) is 0.886. The number of halogens is 1. The van der Waals surface area contributed by atoms with Crippen molar-refractivity contribution >= 4 is 11.6 Å². The molecule has 0 radical (unpaired) electrons. The van der Waals surface area contributed by atoms with Gasteiger partial charge in [0.1, 0.15) is 23.3 Å². The molecule has 1 aliphatic rings. The Kier molecular flexibility index (Phi) is 3.73. The van der Waals surface area contributed by atoms with Gasteiger partial charge in [-0.3, -0.25) is 0 Å². The summed E-state index contributed by atoms with van der Waals surface area (Å²) in [5.41, 5.74) is 7.93. The average molecular weight is 286 g/mol. The molecule has 5 heteroatoms. The van der Waals surface area contributed by atoms with Gasteiger partial charge in [0.15, 0.2) is 0 Å². The Morgan fingerprint density at radius 2 is 1.95 bits per heavy atom. The topological polar surface area (TPSA) is 63.8 Å². The number of anilines is 2. The molecule has 1 aromatic carbocycles. The molecule has 110 valence electrons. The number of hydrogen-bond acceptors (Lipinski definition) is 4. The molecule has 0 spiro atoms. The highest BCUT2D eigenvalue weighted by molar-refractivity contribution is 5.55. The van der Waals surface area contributed by atoms with Crippen molar-refractivity contribution in [2.45, 2.75) is 32.1 Å². The molecule has 0 atom stereocenters. The summed E-state index contributed by atoms with van der Waals surface area (Å²) in [5, 5.41) is 3.32. The van der Waals surface area contributed by atoms with Crippen LogP contribution in [0.15, 0.2) is 24.3 Å². The van der Waals surface area contributed by atoms with Crippen molar-refractivity contribution in [3.8, 4) is 0 Å². The van der Waals surface area contributed by atoms with Crippen LogP contribution >= 0.6 is 0 Å². The highest BCUT2D eigenvalue weighted by Crippen LogP contribution is 2.39. The molecule has 1 fully saturated rings. The zero-order valence-electron chi connectivity index (χ0n) is 12.1. The molecule has 4 nitrogen and oxygen atoms in total. The fourth-order valence-corrected chi connectivity index (χ4v) is 2.22. The minimum Gasteiger partial charge on any atom is -0.383 e. The van der Waals surface area contributed by atoms with E-state index < -0.39 is 0 Å². The van der Waals surface area contributed by atoms with Gasteiger partial charge in [0.2, 0.25) is 0 Å². The Bertz CT molecular complexity index is 635. The Morgan fingerprint density at radius 3 is 2.62 bits per heavy atom. The third-order valence-corrected chi connectivity index (χ3v) is 3.76. The molecule has 1 aliphatic carbocycles. The molecular weight excluding hydrogens is 267 g/mol. The highest BCUT2D eigenvalue weighted by atomic mass is 19.1. The van der Waals surface area contributed by atoms with E-state index >= 15 is 0 Å². The van der Waals surface area contributed by atoms with E-state index in [9.17, 15) is 4.39 Å². The van der Waals surface area contributed by atoms with Crippen molar-refractivity contribution < 1.29 is 4.39 Å². The van der Waals surface area contributed by atoms with Gasteiger partial charge in [0.25, 0.3) is 0 Å². The minimum absolute atomic E-state index is 0.208. The van der Waals surface area contributed by atoms with E-state index in [1.54, 1.807) is 12.1 Å². The van der Waals surface area contributed by atoms with E-state index in [2.05, 4.69) is 15.3 Å². The smallest absolute Gasteiger partial charge is 0.136 e. The number of nitrogens with two attached hydrogens (primary N) is 1. The molecule has 0 amide bonds. The van der Waals surface area contributed by atoms with Gasteiger partial charge in [0, 0.05) is 18.0 Å².